The Labute approximate surface area is 159 Å². The van der Waals surface area contributed by atoms with Gasteiger partial charge in [0.1, 0.15) is 17.0 Å². The lowest BCUT2D eigenvalue weighted by Crippen LogP contribution is -2.49. The molecule has 3 amide bonds. The average molecular weight is 374 g/mol. The molecule has 7 heteroatoms. The average Bonchev–Trinajstić information content (AvgIpc) is 2.92. The molecular weight excluding hydrogens is 348 g/mol. The number of rotatable bonds is 6. The molecule has 1 saturated heterocycles. The summed E-state index contributed by atoms with van der Waals surface area (Å²) < 4.78 is 10.4. The van der Waals surface area contributed by atoms with Crippen LogP contribution in [0, 0.1) is 5.92 Å². The Hall–Kier alpha value is -2.57. The van der Waals surface area contributed by atoms with Crippen LogP contribution in [0.2, 0.25) is 0 Å². The third-order valence-electron chi connectivity index (χ3n) is 5.79. The second-order valence-corrected chi connectivity index (χ2v) is 7.24. The molecule has 1 heterocycles. The molecule has 0 atom stereocenters. The SMILES string of the molecule is CCC1CCC2(CC1)NC(=O)N(CC(=O)c1cc(OC)ccc1OC)C2=O. The van der Waals surface area contributed by atoms with Crippen molar-refractivity contribution in [1.29, 1.82) is 0 Å². The second kappa shape index (κ2) is 7.58. The van der Waals surface area contributed by atoms with Crippen LogP contribution >= 0.6 is 0 Å². The highest BCUT2D eigenvalue weighted by molar-refractivity contribution is 6.11. The van der Waals surface area contributed by atoms with Crippen molar-refractivity contribution in [3.63, 3.8) is 0 Å². The Morgan fingerprint density at radius 2 is 1.93 bits per heavy atom. The third kappa shape index (κ3) is 3.50. The summed E-state index contributed by atoms with van der Waals surface area (Å²) in [4.78, 5) is 39.2. The minimum atomic E-state index is -0.846. The summed E-state index contributed by atoms with van der Waals surface area (Å²) in [5, 5.41) is 2.85. The summed E-state index contributed by atoms with van der Waals surface area (Å²) in [6.45, 7) is 1.83. The number of Topliss-reactive ketones (excluding diaryl/α,β-unsaturated/α-hetero) is 1. The molecule has 2 fully saturated rings. The van der Waals surface area contributed by atoms with E-state index in [9.17, 15) is 14.4 Å². The summed E-state index contributed by atoms with van der Waals surface area (Å²) in [5.41, 5.74) is -0.560. The van der Waals surface area contributed by atoms with Gasteiger partial charge in [0.2, 0.25) is 0 Å². The fourth-order valence-electron chi connectivity index (χ4n) is 4.00. The topological polar surface area (TPSA) is 84.9 Å². The molecule has 0 aromatic heterocycles. The molecule has 1 aliphatic heterocycles. The normalized spacial score (nSPS) is 24.9. The van der Waals surface area contributed by atoms with E-state index in [2.05, 4.69) is 12.2 Å². The molecule has 1 aliphatic carbocycles. The van der Waals surface area contributed by atoms with Crippen molar-refractivity contribution in [2.45, 2.75) is 44.6 Å². The number of nitrogens with one attached hydrogen (secondary N) is 1. The minimum Gasteiger partial charge on any atom is -0.497 e. The number of hydrogen-bond donors (Lipinski definition) is 1. The van der Waals surface area contributed by atoms with Crippen molar-refractivity contribution in [2.24, 2.45) is 5.92 Å². The van der Waals surface area contributed by atoms with Gasteiger partial charge >= 0.3 is 6.03 Å². The van der Waals surface area contributed by atoms with Gasteiger partial charge in [-0.3, -0.25) is 14.5 Å². The van der Waals surface area contributed by atoms with Crippen LogP contribution in [0.4, 0.5) is 4.79 Å². The Bertz CT molecular complexity index is 753. The maximum atomic E-state index is 13.0. The Balaban J connectivity index is 1.77. The number of ether oxygens (including phenoxy) is 2. The smallest absolute Gasteiger partial charge is 0.325 e. The number of carbonyl (C=O) groups is 3. The van der Waals surface area contributed by atoms with E-state index in [1.54, 1.807) is 18.2 Å². The van der Waals surface area contributed by atoms with E-state index in [1.807, 2.05) is 0 Å². The molecule has 146 valence electrons. The number of methoxy groups -OCH3 is 2. The highest BCUT2D eigenvalue weighted by Crippen LogP contribution is 2.37. The van der Waals surface area contributed by atoms with Gasteiger partial charge < -0.3 is 14.8 Å². The van der Waals surface area contributed by atoms with Crippen LogP contribution in [0.15, 0.2) is 18.2 Å². The maximum absolute atomic E-state index is 13.0. The first-order chi connectivity index (χ1) is 12.9. The molecule has 1 aromatic rings. The Morgan fingerprint density at radius 3 is 2.52 bits per heavy atom. The van der Waals surface area contributed by atoms with E-state index in [0.717, 1.165) is 24.2 Å². The van der Waals surface area contributed by atoms with Crippen LogP contribution in [-0.4, -0.2) is 48.9 Å². The fraction of sp³-hybridized carbons (Fsp3) is 0.550. The molecule has 1 aromatic carbocycles. The van der Waals surface area contributed by atoms with Crippen LogP contribution in [0.5, 0.6) is 11.5 Å². The first-order valence-electron chi connectivity index (χ1n) is 9.33. The van der Waals surface area contributed by atoms with Gasteiger partial charge in [0.15, 0.2) is 5.78 Å². The number of imide groups is 1. The predicted octanol–water partition coefficient (Wildman–Crippen LogP) is 2.78. The lowest BCUT2D eigenvalue weighted by atomic mass is 9.75. The number of amides is 3. The van der Waals surface area contributed by atoms with Crippen molar-refractivity contribution in [1.82, 2.24) is 10.2 Å². The molecule has 0 radical (unpaired) electrons. The number of hydrogen-bond acceptors (Lipinski definition) is 5. The summed E-state index contributed by atoms with van der Waals surface area (Å²) >= 11 is 0. The molecule has 3 rings (SSSR count). The number of nitrogens with zero attached hydrogens (tertiary/aromatic N) is 1. The lowest BCUT2D eigenvalue weighted by Gasteiger charge is -2.34. The zero-order valence-electron chi connectivity index (χ0n) is 16.0. The largest absolute Gasteiger partial charge is 0.497 e. The molecule has 0 bridgehead atoms. The third-order valence-corrected chi connectivity index (χ3v) is 5.79. The monoisotopic (exact) mass is 374 g/mol. The standard InChI is InChI=1S/C20H26N2O5/c1-4-13-7-9-20(10-8-13)18(24)22(19(25)21-20)12-16(23)15-11-14(26-2)5-6-17(15)27-3/h5-6,11,13H,4,7-10,12H2,1-3H3,(H,21,25). The van der Waals surface area contributed by atoms with Crippen molar-refractivity contribution >= 4 is 17.7 Å². The maximum Gasteiger partial charge on any atom is 0.325 e. The first kappa shape index (κ1) is 19.2. The summed E-state index contributed by atoms with van der Waals surface area (Å²) in [6.07, 6.45) is 4.16. The van der Waals surface area contributed by atoms with E-state index < -0.39 is 11.6 Å². The number of benzene rings is 1. The van der Waals surface area contributed by atoms with Gasteiger partial charge in [-0.2, -0.15) is 0 Å². The van der Waals surface area contributed by atoms with Crippen LogP contribution in [0.3, 0.4) is 0 Å². The fourth-order valence-corrected chi connectivity index (χ4v) is 4.00. The predicted molar refractivity (Wildman–Crippen MR) is 99.1 cm³/mol. The highest BCUT2D eigenvalue weighted by atomic mass is 16.5. The van der Waals surface area contributed by atoms with Crippen molar-refractivity contribution in [2.75, 3.05) is 20.8 Å². The van der Waals surface area contributed by atoms with Crippen LogP contribution in [-0.2, 0) is 4.79 Å². The Kier molecular flexibility index (Phi) is 5.39. The zero-order chi connectivity index (χ0) is 19.6. The summed E-state index contributed by atoms with van der Waals surface area (Å²) in [7, 11) is 2.97. The number of carbonyl (C=O) groups excluding carboxylic acids is 3. The molecular formula is C20H26N2O5. The molecule has 27 heavy (non-hydrogen) atoms. The number of ketones is 1. The van der Waals surface area contributed by atoms with Gasteiger partial charge in [-0.1, -0.05) is 13.3 Å². The van der Waals surface area contributed by atoms with E-state index in [-0.39, 0.29) is 23.8 Å². The van der Waals surface area contributed by atoms with E-state index >= 15 is 0 Å². The molecule has 1 spiro atoms. The van der Waals surface area contributed by atoms with Gasteiger partial charge in [0.25, 0.3) is 5.91 Å². The van der Waals surface area contributed by atoms with E-state index in [0.29, 0.717) is 30.3 Å². The van der Waals surface area contributed by atoms with Gasteiger partial charge in [-0.25, -0.2) is 4.79 Å². The number of urea groups is 1. The van der Waals surface area contributed by atoms with Crippen LogP contribution in [0.25, 0.3) is 0 Å². The minimum absolute atomic E-state index is 0.285. The first-order valence-corrected chi connectivity index (χ1v) is 9.33. The highest BCUT2D eigenvalue weighted by Gasteiger charge is 2.52. The van der Waals surface area contributed by atoms with Crippen molar-refractivity contribution < 1.29 is 23.9 Å². The Morgan fingerprint density at radius 1 is 1.22 bits per heavy atom. The summed E-state index contributed by atoms with van der Waals surface area (Å²) in [6, 6.07) is 4.38. The zero-order valence-corrected chi connectivity index (χ0v) is 16.0. The van der Waals surface area contributed by atoms with Gasteiger partial charge in [0, 0.05) is 0 Å². The van der Waals surface area contributed by atoms with E-state index in [1.165, 1.54) is 14.2 Å². The molecule has 0 unspecified atom stereocenters. The lowest BCUT2D eigenvalue weighted by molar-refractivity contribution is -0.132. The van der Waals surface area contributed by atoms with Crippen LogP contribution in [0.1, 0.15) is 49.4 Å². The molecule has 1 saturated carbocycles. The van der Waals surface area contributed by atoms with Gasteiger partial charge in [-0.15, -0.1) is 0 Å². The van der Waals surface area contributed by atoms with Gasteiger partial charge in [0.05, 0.1) is 26.3 Å². The second-order valence-electron chi connectivity index (χ2n) is 7.24. The van der Waals surface area contributed by atoms with Crippen molar-refractivity contribution in [3.05, 3.63) is 23.8 Å². The van der Waals surface area contributed by atoms with Crippen LogP contribution < -0.4 is 14.8 Å². The summed E-state index contributed by atoms with van der Waals surface area (Å²) in [5.74, 6) is 0.819. The quantitative estimate of drug-likeness (QED) is 0.611. The molecule has 7 nitrogen and oxygen atoms in total. The van der Waals surface area contributed by atoms with E-state index in [4.69, 9.17) is 9.47 Å². The van der Waals surface area contributed by atoms with Gasteiger partial charge in [-0.05, 0) is 49.8 Å². The van der Waals surface area contributed by atoms with Crippen molar-refractivity contribution in [3.8, 4) is 11.5 Å². The molecule has 1 N–H and O–H groups in total. The molecule has 2 aliphatic rings.